The van der Waals surface area contributed by atoms with Crippen molar-refractivity contribution < 1.29 is 4.79 Å². The Morgan fingerprint density at radius 1 is 1.24 bits per heavy atom. The highest BCUT2D eigenvalue weighted by Crippen LogP contribution is 2.28. The maximum Gasteiger partial charge on any atom is 0.230 e. The Kier molecular flexibility index (Phi) is 6.28. The van der Waals surface area contributed by atoms with Gasteiger partial charge in [-0.25, -0.2) is 0 Å². The average molecular weight is 286 g/mol. The summed E-state index contributed by atoms with van der Waals surface area (Å²) in [5.41, 5.74) is 0.944. The van der Waals surface area contributed by atoms with Crippen LogP contribution in [0.4, 0.5) is 5.69 Å². The van der Waals surface area contributed by atoms with Crippen molar-refractivity contribution >= 4 is 11.6 Å². The molecule has 1 aromatic carbocycles. The van der Waals surface area contributed by atoms with Crippen LogP contribution in [-0.2, 0) is 4.79 Å². The lowest BCUT2D eigenvalue weighted by molar-refractivity contribution is -0.123. The summed E-state index contributed by atoms with van der Waals surface area (Å²) in [4.78, 5) is 15.0. The predicted molar refractivity (Wildman–Crippen MR) is 88.3 cm³/mol. The van der Waals surface area contributed by atoms with Gasteiger partial charge in [0.2, 0.25) is 5.91 Å². The molecule has 0 aromatic heterocycles. The van der Waals surface area contributed by atoms with E-state index in [9.17, 15) is 4.79 Å². The first-order chi connectivity index (χ1) is 10.3. The van der Waals surface area contributed by atoms with Gasteiger partial charge in [-0.2, -0.15) is 0 Å². The van der Waals surface area contributed by atoms with E-state index >= 15 is 0 Å². The number of benzene rings is 1. The zero-order valence-corrected chi connectivity index (χ0v) is 13.5. The van der Waals surface area contributed by atoms with Gasteiger partial charge in [0, 0.05) is 18.5 Å². The highest BCUT2D eigenvalue weighted by molar-refractivity contribution is 5.95. The van der Waals surface area contributed by atoms with E-state index < -0.39 is 0 Å². The van der Waals surface area contributed by atoms with Crippen LogP contribution in [-0.4, -0.2) is 12.5 Å². The molecule has 0 atom stereocenters. The van der Waals surface area contributed by atoms with Crippen molar-refractivity contribution in [3.8, 4) is 0 Å². The molecule has 0 spiro atoms. The van der Waals surface area contributed by atoms with Crippen LogP contribution in [0, 0.1) is 17.9 Å². The molecule has 0 saturated heterocycles. The third kappa shape index (κ3) is 4.33. The molecule has 1 saturated carbocycles. The molecule has 0 N–H and O–H groups in total. The van der Waals surface area contributed by atoms with Crippen molar-refractivity contribution in [1.29, 1.82) is 0 Å². The lowest BCUT2D eigenvalue weighted by Gasteiger charge is -2.31. The van der Waals surface area contributed by atoms with Gasteiger partial charge >= 0.3 is 0 Å². The summed E-state index contributed by atoms with van der Waals surface area (Å²) < 4.78 is 0. The van der Waals surface area contributed by atoms with E-state index in [1.165, 1.54) is 19.3 Å². The van der Waals surface area contributed by atoms with E-state index in [4.69, 9.17) is 0 Å². The molecule has 1 amide bonds. The Morgan fingerprint density at radius 2 is 1.95 bits per heavy atom. The number of rotatable bonds is 6. The third-order valence-corrected chi connectivity index (χ3v) is 4.80. The lowest BCUT2D eigenvalue weighted by atomic mass is 9.87. The van der Waals surface area contributed by atoms with E-state index in [1.807, 2.05) is 29.2 Å². The second-order valence-corrected chi connectivity index (χ2v) is 6.21. The summed E-state index contributed by atoms with van der Waals surface area (Å²) in [7, 11) is 0. The second-order valence-electron chi connectivity index (χ2n) is 6.21. The van der Waals surface area contributed by atoms with Gasteiger partial charge in [0.15, 0.2) is 0 Å². The Hall–Kier alpha value is -1.31. The zero-order valence-electron chi connectivity index (χ0n) is 13.5. The summed E-state index contributed by atoms with van der Waals surface area (Å²) in [6, 6.07) is 11.1. The predicted octanol–water partition coefficient (Wildman–Crippen LogP) is 4.84. The quantitative estimate of drug-likeness (QED) is 0.733. The molecule has 0 unspecified atom stereocenters. The minimum Gasteiger partial charge on any atom is -0.311 e. The maximum atomic E-state index is 13.0. The Labute approximate surface area is 129 Å². The molecule has 2 nitrogen and oxygen atoms in total. The van der Waals surface area contributed by atoms with Crippen molar-refractivity contribution in [2.24, 2.45) is 11.8 Å². The van der Waals surface area contributed by atoms with Crippen LogP contribution in [0.15, 0.2) is 24.3 Å². The molecule has 0 aliphatic heterocycles. The van der Waals surface area contributed by atoms with Crippen LogP contribution in [0.5, 0.6) is 0 Å². The fourth-order valence-electron chi connectivity index (χ4n) is 3.23. The molecule has 2 rings (SSSR count). The average Bonchev–Trinajstić information content (AvgIpc) is 2.57. The van der Waals surface area contributed by atoms with Crippen LogP contribution < -0.4 is 4.90 Å². The van der Waals surface area contributed by atoms with Crippen LogP contribution in [0.1, 0.15) is 58.8 Å². The monoisotopic (exact) mass is 286 g/mol. The molecule has 1 aromatic rings. The number of amides is 1. The van der Waals surface area contributed by atoms with Gasteiger partial charge in [-0.15, -0.1) is 0 Å². The number of hydrogen-bond acceptors (Lipinski definition) is 1. The zero-order chi connectivity index (χ0) is 15.1. The molecular weight excluding hydrogens is 258 g/mol. The molecule has 1 radical (unpaired) electrons. The summed E-state index contributed by atoms with van der Waals surface area (Å²) in [5, 5.41) is 0. The topological polar surface area (TPSA) is 20.3 Å². The maximum absolute atomic E-state index is 13.0. The first kappa shape index (κ1) is 16.1. The molecule has 1 fully saturated rings. The second kappa shape index (κ2) is 8.21. The van der Waals surface area contributed by atoms with Crippen molar-refractivity contribution in [2.75, 3.05) is 11.4 Å². The van der Waals surface area contributed by atoms with E-state index in [0.29, 0.717) is 11.8 Å². The van der Waals surface area contributed by atoms with Crippen molar-refractivity contribution in [2.45, 2.75) is 58.8 Å². The van der Waals surface area contributed by atoms with E-state index in [-0.39, 0.29) is 5.92 Å². The first-order valence-electron chi connectivity index (χ1n) is 8.54. The van der Waals surface area contributed by atoms with E-state index in [0.717, 1.165) is 37.9 Å². The lowest BCUT2D eigenvalue weighted by Crippen LogP contribution is -2.40. The normalized spacial score (nSPS) is 16.1. The van der Waals surface area contributed by atoms with Gasteiger partial charge in [0.1, 0.15) is 0 Å². The third-order valence-electron chi connectivity index (χ3n) is 4.80. The molecular formula is C19H28NO. The minimum absolute atomic E-state index is 0.224. The van der Waals surface area contributed by atoms with Crippen LogP contribution in [0.3, 0.4) is 0 Å². The highest BCUT2D eigenvalue weighted by Gasteiger charge is 2.28. The molecule has 115 valence electrons. The van der Waals surface area contributed by atoms with Crippen molar-refractivity contribution in [1.82, 2.24) is 0 Å². The molecule has 21 heavy (non-hydrogen) atoms. The summed E-state index contributed by atoms with van der Waals surface area (Å²) in [6.07, 6.45) is 8.06. The number of carbonyl (C=O) groups is 1. The SMILES string of the molecule is CCC(CC)CN(C(=O)C1CCCCC1)c1[c]cccc1. The van der Waals surface area contributed by atoms with Gasteiger partial charge in [-0.1, -0.05) is 64.2 Å². The largest absolute Gasteiger partial charge is 0.311 e. The van der Waals surface area contributed by atoms with E-state index in [2.05, 4.69) is 19.9 Å². The Morgan fingerprint density at radius 3 is 2.52 bits per heavy atom. The van der Waals surface area contributed by atoms with Gasteiger partial charge in [0.05, 0.1) is 5.69 Å². The standard InChI is InChI=1S/C19H28NO/c1-3-16(4-2)15-20(18-13-9-6-10-14-18)19(21)17-11-7-5-8-12-17/h6,9-10,13,16-17H,3-5,7-8,11-12,15H2,1-2H3. The van der Waals surface area contributed by atoms with Gasteiger partial charge in [0.25, 0.3) is 0 Å². The summed E-state index contributed by atoms with van der Waals surface area (Å²) in [6.45, 7) is 5.27. The molecule has 0 heterocycles. The van der Waals surface area contributed by atoms with Crippen molar-refractivity contribution in [3.05, 3.63) is 30.3 Å². The summed E-state index contributed by atoms with van der Waals surface area (Å²) >= 11 is 0. The number of hydrogen-bond donors (Lipinski definition) is 0. The number of para-hydroxylation sites is 1. The van der Waals surface area contributed by atoms with Crippen LogP contribution in [0.25, 0.3) is 0 Å². The molecule has 2 heteroatoms. The Balaban J connectivity index is 2.16. The molecule has 1 aliphatic carbocycles. The van der Waals surface area contributed by atoms with Gasteiger partial charge < -0.3 is 4.90 Å². The van der Waals surface area contributed by atoms with Crippen LogP contribution in [0.2, 0.25) is 0 Å². The number of anilines is 1. The summed E-state index contributed by atoms with van der Waals surface area (Å²) in [5.74, 6) is 1.12. The minimum atomic E-state index is 0.224. The highest BCUT2D eigenvalue weighted by atomic mass is 16.2. The molecule has 1 aliphatic rings. The van der Waals surface area contributed by atoms with Crippen LogP contribution >= 0.6 is 0 Å². The molecule has 0 bridgehead atoms. The fourth-order valence-corrected chi connectivity index (χ4v) is 3.23. The van der Waals surface area contributed by atoms with Gasteiger partial charge in [-0.05, 0) is 24.8 Å². The first-order valence-corrected chi connectivity index (χ1v) is 8.54. The van der Waals surface area contributed by atoms with Crippen molar-refractivity contribution in [3.63, 3.8) is 0 Å². The smallest absolute Gasteiger partial charge is 0.230 e. The Bertz CT molecular complexity index is 418. The van der Waals surface area contributed by atoms with E-state index in [1.54, 1.807) is 0 Å². The fraction of sp³-hybridized carbons (Fsp3) is 0.632. The van der Waals surface area contributed by atoms with Gasteiger partial charge in [-0.3, -0.25) is 4.79 Å². The number of carbonyl (C=O) groups excluding carboxylic acids is 1. The number of nitrogens with zero attached hydrogens (tertiary/aromatic N) is 1.